The summed E-state index contributed by atoms with van der Waals surface area (Å²) in [6.45, 7) is 2.57. The molecular weight excluding hydrogens is 282 g/mol. The van der Waals surface area contributed by atoms with E-state index in [1.165, 1.54) is 0 Å². The van der Waals surface area contributed by atoms with E-state index < -0.39 is 0 Å². The van der Waals surface area contributed by atoms with E-state index in [1.54, 1.807) is 0 Å². The second kappa shape index (κ2) is 5.87. The monoisotopic (exact) mass is 295 g/mol. The summed E-state index contributed by atoms with van der Waals surface area (Å²) in [6.07, 6.45) is 0.978. The Kier molecular flexibility index (Phi) is 4.20. The van der Waals surface area contributed by atoms with Crippen LogP contribution in [0.2, 0.25) is 0 Å². The maximum atomic E-state index is 5.73. The van der Waals surface area contributed by atoms with Crippen LogP contribution in [-0.2, 0) is 0 Å². The normalized spacial score (nSPS) is 10.5. The minimum absolute atomic E-state index is 0.694. The van der Waals surface area contributed by atoms with Gasteiger partial charge in [-0.05, 0) is 25.5 Å². The quantitative estimate of drug-likeness (QED) is 0.621. The van der Waals surface area contributed by atoms with Gasteiger partial charge in [0.15, 0.2) is 0 Å². The topological polar surface area (TPSA) is 35.3 Å². The van der Waals surface area contributed by atoms with E-state index in [2.05, 4.69) is 21.1 Å². The fraction of sp³-hybridized carbons (Fsp3) is 0.308. The van der Waals surface area contributed by atoms with E-state index >= 15 is 0 Å². The van der Waals surface area contributed by atoms with Gasteiger partial charge in [-0.15, -0.1) is 0 Å². The number of para-hydroxylation sites is 1. The van der Waals surface area contributed by atoms with Crippen LogP contribution in [0.1, 0.15) is 12.2 Å². The molecule has 0 saturated carbocycles. The standard InChI is InChI=1S/C13H14BrNO2/c1-10-9-12(15-17-10)11-5-2-3-6-13(11)16-8-4-7-14/h2-3,5-6,9H,4,7-8H2,1H3. The fourth-order valence-electron chi connectivity index (χ4n) is 1.53. The highest BCUT2D eigenvalue weighted by Crippen LogP contribution is 2.29. The Morgan fingerprint density at radius 2 is 2.18 bits per heavy atom. The smallest absolute Gasteiger partial charge is 0.134 e. The van der Waals surface area contributed by atoms with Crippen molar-refractivity contribution in [1.29, 1.82) is 0 Å². The highest BCUT2D eigenvalue weighted by Gasteiger charge is 2.09. The van der Waals surface area contributed by atoms with Crippen molar-refractivity contribution in [3.63, 3.8) is 0 Å². The van der Waals surface area contributed by atoms with Crippen LogP contribution >= 0.6 is 15.9 Å². The van der Waals surface area contributed by atoms with Crippen molar-refractivity contribution in [3.05, 3.63) is 36.1 Å². The Hall–Kier alpha value is -1.29. The van der Waals surface area contributed by atoms with Crippen molar-refractivity contribution in [2.45, 2.75) is 13.3 Å². The molecular formula is C13H14BrNO2. The van der Waals surface area contributed by atoms with Gasteiger partial charge in [-0.3, -0.25) is 0 Å². The van der Waals surface area contributed by atoms with Gasteiger partial charge in [0.25, 0.3) is 0 Å². The molecule has 0 fully saturated rings. The van der Waals surface area contributed by atoms with Gasteiger partial charge in [-0.1, -0.05) is 33.2 Å². The number of aromatic nitrogens is 1. The first-order chi connectivity index (χ1) is 8.31. The average Bonchev–Trinajstić information content (AvgIpc) is 2.77. The predicted molar refractivity (Wildman–Crippen MR) is 70.6 cm³/mol. The van der Waals surface area contributed by atoms with Gasteiger partial charge in [-0.2, -0.15) is 0 Å². The van der Waals surface area contributed by atoms with E-state index in [0.717, 1.165) is 34.5 Å². The van der Waals surface area contributed by atoms with Crippen molar-refractivity contribution in [2.75, 3.05) is 11.9 Å². The molecule has 2 aromatic rings. The SMILES string of the molecule is Cc1cc(-c2ccccc2OCCCBr)no1. The van der Waals surface area contributed by atoms with E-state index in [-0.39, 0.29) is 0 Å². The highest BCUT2D eigenvalue weighted by molar-refractivity contribution is 9.09. The Balaban J connectivity index is 2.21. The zero-order valence-corrected chi connectivity index (χ0v) is 11.2. The molecule has 0 aliphatic carbocycles. The lowest BCUT2D eigenvalue weighted by atomic mass is 10.1. The Labute approximate surface area is 109 Å². The van der Waals surface area contributed by atoms with E-state index in [4.69, 9.17) is 9.26 Å². The molecule has 0 aliphatic rings. The second-order valence-electron chi connectivity index (χ2n) is 3.71. The Morgan fingerprint density at radius 1 is 1.35 bits per heavy atom. The van der Waals surface area contributed by atoms with Crippen LogP contribution in [0.5, 0.6) is 5.75 Å². The van der Waals surface area contributed by atoms with Gasteiger partial charge in [0, 0.05) is 17.0 Å². The van der Waals surface area contributed by atoms with Gasteiger partial charge >= 0.3 is 0 Å². The summed E-state index contributed by atoms with van der Waals surface area (Å²) in [5.74, 6) is 1.65. The summed E-state index contributed by atoms with van der Waals surface area (Å²) in [4.78, 5) is 0. The first kappa shape index (κ1) is 12.2. The van der Waals surface area contributed by atoms with Crippen LogP contribution in [0.25, 0.3) is 11.3 Å². The average molecular weight is 296 g/mol. The van der Waals surface area contributed by atoms with Crippen molar-refractivity contribution < 1.29 is 9.26 Å². The van der Waals surface area contributed by atoms with E-state index in [9.17, 15) is 0 Å². The third-order valence-electron chi connectivity index (χ3n) is 2.33. The van der Waals surface area contributed by atoms with Crippen LogP contribution in [-0.4, -0.2) is 17.1 Å². The van der Waals surface area contributed by atoms with Gasteiger partial charge in [0.2, 0.25) is 0 Å². The van der Waals surface area contributed by atoms with Crippen LogP contribution in [0, 0.1) is 6.92 Å². The lowest BCUT2D eigenvalue weighted by molar-refractivity contribution is 0.320. The maximum Gasteiger partial charge on any atom is 0.134 e. The largest absolute Gasteiger partial charge is 0.493 e. The number of hydrogen-bond donors (Lipinski definition) is 0. The number of halogens is 1. The molecule has 0 saturated heterocycles. The molecule has 1 heterocycles. The number of alkyl halides is 1. The van der Waals surface area contributed by atoms with Crippen LogP contribution in [0.4, 0.5) is 0 Å². The third-order valence-corrected chi connectivity index (χ3v) is 2.89. The molecule has 1 aromatic heterocycles. The molecule has 1 aromatic carbocycles. The first-order valence-electron chi connectivity index (χ1n) is 5.53. The molecule has 17 heavy (non-hydrogen) atoms. The molecule has 0 N–H and O–H groups in total. The number of hydrogen-bond acceptors (Lipinski definition) is 3. The first-order valence-corrected chi connectivity index (χ1v) is 6.65. The van der Waals surface area contributed by atoms with Gasteiger partial charge < -0.3 is 9.26 Å². The molecule has 0 radical (unpaired) electrons. The maximum absolute atomic E-state index is 5.73. The summed E-state index contributed by atoms with van der Waals surface area (Å²) in [5, 5.41) is 4.95. The number of benzene rings is 1. The minimum Gasteiger partial charge on any atom is -0.493 e. The summed E-state index contributed by atoms with van der Waals surface area (Å²) in [6, 6.07) is 9.78. The highest BCUT2D eigenvalue weighted by atomic mass is 79.9. The van der Waals surface area contributed by atoms with E-state index in [0.29, 0.717) is 6.61 Å². The zero-order valence-electron chi connectivity index (χ0n) is 9.65. The second-order valence-corrected chi connectivity index (χ2v) is 4.50. The van der Waals surface area contributed by atoms with E-state index in [1.807, 2.05) is 37.3 Å². The molecule has 0 amide bonds. The molecule has 0 atom stereocenters. The number of aryl methyl sites for hydroxylation is 1. The number of rotatable bonds is 5. The van der Waals surface area contributed by atoms with Crippen molar-refractivity contribution in [1.82, 2.24) is 5.16 Å². The van der Waals surface area contributed by atoms with Crippen molar-refractivity contribution in [3.8, 4) is 17.0 Å². The molecule has 0 unspecified atom stereocenters. The number of ether oxygens (including phenoxy) is 1. The zero-order chi connectivity index (χ0) is 12.1. The molecule has 3 nitrogen and oxygen atoms in total. The van der Waals surface area contributed by atoms with Crippen molar-refractivity contribution in [2.24, 2.45) is 0 Å². The molecule has 90 valence electrons. The summed E-state index contributed by atoms with van der Waals surface area (Å²) < 4.78 is 10.8. The fourth-order valence-corrected chi connectivity index (χ4v) is 1.76. The lowest BCUT2D eigenvalue weighted by Crippen LogP contribution is -1.99. The van der Waals surface area contributed by atoms with Crippen LogP contribution in [0.3, 0.4) is 0 Å². The molecule has 0 aliphatic heterocycles. The Bertz CT molecular complexity index is 482. The molecule has 0 spiro atoms. The number of nitrogens with zero attached hydrogens (tertiary/aromatic N) is 1. The van der Waals surface area contributed by atoms with Gasteiger partial charge in [0.05, 0.1) is 6.61 Å². The third kappa shape index (κ3) is 3.09. The van der Waals surface area contributed by atoms with Crippen LogP contribution < -0.4 is 4.74 Å². The predicted octanol–water partition coefficient (Wildman–Crippen LogP) is 3.81. The summed E-state index contributed by atoms with van der Waals surface area (Å²) >= 11 is 3.38. The Morgan fingerprint density at radius 3 is 2.88 bits per heavy atom. The summed E-state index contributed by atoms with van der Waals surface area (Å²) in [7, 11) is 0. The van der Waals surface area contributed by atoms with Crippen molar-refractivity contribution >= 4 is 15.9 Å². The van der Waals surface area contributed by atoms with Gasteiger partial charge in [-0.25, -0.2) is 0 Å². The summed E-state index contributed by atoms with van der Waals surface area (Å²) in [5.41, 5.74) is 1.79. The van der Waals surface area contributed by atoms with Crippen LogP contribution in [0.15, 0.2) is 34.9 Å². The minimum atomic E-state index is 0.694. The molecule has 0 bridgehead atoms. The van der Waals surface area contributed by atoms with Gasteiger partial charge in [0.1, 0.15) is 17.2 Å². The molecule has 4 heteroatoms. The lowest BCUT2D eigenvalue weighted by Gasteiger charge is -2.08. The molecule has 2 rings (SSSR count).